The Morgan fingerprint density at radius 2 is 1.85 bits per heavy atom. The van der Waals surface area contributed by atoms with Crippen molar-refractivity contribution in [2.45, 2.75) is 12.5 Å². The van der Waals surface area contributed by atoms with Crippen molar-refractivity contribution in [3.63, 3.8) is 0 Å². The Hall–Kier alpha value is -2.44. The van der Waals surface area contributed by atoms with E-state index in [-0.39, 0.29) is 17.1 Å². The van der Waals surface area contributed by atoms with Crippen molar-refractivity contribution in [1.82, 2.24) is 4.90 Å². The molecular weight excluding hydrogens is 410 g/mol. The van der Waals surface area contributed by atoms with Gasteiger partial charge in [0.05, 0.1) is 17.0 Å². The number of para-hydroxylation sites is 1. The zero-order chi connectivity index (χ0) is 19.0. The third-order valence-electron chi connectivity index (χ3n) is 4.81. The minimum atomic E-state index is -0.460. The van der Waals surface area contributed by atoms with Gasteiger partial charge in [0.2, 0.25) is 5.76 Å². The molecule has 2 heterocycles. The number of fused-ring (bicyclic) bond motifs is 2. The van der Waals surface area contributed by atoms with Gasteiger partial charge in [-0.05, 0) is 36.2 Å². The first-order valence-electron chi connectivity index (χ1n) is 8.73. The maximum absolute atomic E-state index is 13.2. The Morgan fingerprint density at radius 3 is 2.59 bits per heavy atom. The van der Waals surface area contributed by atoms with Gasteiger partial charge in [-0.3, -0.25) is 9.59 Å². The van der Waals surface area contributed by atoms with E-state index in [4.69, 9.17) is 9.15 Å². The van der Waals surface area contributed by atoms with E-state index in [1.54, 1.807) is 36.3 Å². The summed E-state index contributed by atoms with van der Waals surface area (Å²) >= 11 is 3.43. The van der Waals surface area contributed by atoms with Crippen LogP contribution < -0.4 is 5.43 Å². The average molecular weight is 428 g/mol. The SMILES string of the molecule is COCCCN1C(=O)c2oc3ccccc3c(=O)c2[C@H]1c1ccc(Br)cc1. The topological polar surface area (TPSA) is 59.8 Å². The number of carbonyl (C=O) groups excluding carboxylic acids is 1. The number of carbonyl (C=O) groups is 1. The molecule has 0 spiro atoms. The highest BCUT2D eigenvalue weighted by atomic mass is 79.9. The Labute approximate surface area is 164 Å². The van der Waals surface area contributed by atoms with Crippen molar-refractivity contribution in [3.05, 3.63) is 80.1 Å². The summed E-state index contributed by atoms with van der Waals surface area (Å²) in [6.45, 7) is 1.02. The van der Waals surface area contributed by atoms with Crippen LogP contribution in [0.5, 0.6) is 0 Å². The molecule has 138 valence electrons. The molecule has 6 heteroatoms. The van der Waals surface area contributed by atoms with Crippen LogP contribution in [0.25, 0.3) is 11.0 Å². The summed E-state index contributed by atoms with van der Waals surface area (Å²) in [5.41, 5.74) is 1.58. The van der Waals surface area contributed by atoms with Crippen molar-refractivity contribution in [2.75, 3.05) is 20.3 Å². The molecule has 27 heavy (non-hydrogen) atoms. The Balaban J connectivity index is 1.90. The number of nitrogens with zero attached hydrogens (tertiary/aromatic N) is 1. The predicted molar refractivity (Wildman–Crippen MR) is 106 cm³/mol. The second-order valence-corrected chi connectivity index (χ2v) is 7.38. The molecule has 1 aromatic heterocycles. The summed E-state index contributed by atoms with van der Waals surface area (Å²) < 4.78 is 11.9. The number of halogens is 1. The lowest BCUT2D eigenvalue weighted by atomic mass is 9.98. The fraction of sp³-hybridized carbons (Fsp3) is 0.238. The van der Waals surface area contributed by atoms with Gasteiger partial charge in [0.25, 0.3) is 5.91 Å². The van der Waals surface area contributed by atoms with Gasteiger partial charge >= 0.3 is 0 Å². The van der Waals surface area contributed by atoms with Crippen LogP contribution in [0, 0.1) is 0 Å². The van der Waals surface area contributed by atoms with Gasteiger partial charge in [0.1, 0.15) is 5.58 Å². The molecule has 4 rings (SSSR count). The molecule has 0 aliphatic carbocycles. The van der Waals surface area contributed by atoms with E-state index in [0.717, 1.165) is 10.0 Å². The third kappa shape index (κ3) is 3.09. The zero-order valence-electron chi connectivity index (χ0n) is 14.8. The van der Waals surface area contributed by atoms with Crippen molar-refractivity contribution >= 4 is 32.8 Å². The van der Waals surface area contributed by atoms with Gasteiger partial charge in [-0.2, -0.15) is 0 Å². The molecule has 0 unspecified atom stereocenters. The van der Waals surface area contributed by atoms with Gasteiger partial charge in [-0.1, -0.05) is 40.2 Å². The van der Waals surface area contributed by atoms with Crippen LogP contribution in [-0.2, 0) is 4.74 Å². The first kappa shape index (κ1) is 17.9. The number of hydrogen-bond acceptors (Lipinski definition) is 4. The van der Waals surface area contributed by atoms with Crippen LogP contribution in [0.15, 0.2) is 62.2 Å². The van der Waals surface area contributed by atoms with E-state index in [2.05, 4.69) is 15.9 Å². The Kier molecular flexibility index (Phi) is 4.85. The minimum Gasteiger partial charge on any atom is -0.450 e. The van der Waals surface area contributed by atoms with E-state index in [0.29, 0.717) is 36.1 Å². The third-order valence-corrected chi connectivity index (χ3v) is 5.34. The van der Waals surface area contributed by atoms with Gasteiger partial charge in [0.15, 0.2) is 5.43 Å². The fourth-order valence-corrected chi connectivity index (χ4v) is 3.83. The summed E-state index contributed by atoms with van der Waals surface area (Å²) in [5, 5.41) is 0.491. The van der Waals surface area contributed by atoms with Crippen LogP contribution in [0.2, 0.25) is 0 Å². The lowest BCUT2D eigenvalue weighted by Gasteiger charge is -2.25. The highest BCUT2D eigenvalue weighted by Crippen LogP contribution is 2.38. The van der Waals surface area contributed by atoms with Crippen LogP contribution in [0.3, 0.4) is 0 Å². The van der Waals surface area contributed by atoms with Crippen molar-refractivity contribution in [2.24, 2.45) is 0 Å². The molecule has 0 saturated heterocycles. The predicted octanol–water partition coefficient (Wildman–Crippen LogP) is 4.14. The summed E-state index contributed by atoms with van der Waals surface area (Å²) in [5.74, 6) is -0.110. The summed E-state index contributed by atoms with van der Waals surface area (Å²) in [7, 11) is 1.63. The molecule has 5 nitrogen and oxygen atoms in total. The Bertz CT molecular complexity index is 1060. The maximum Gasteiger partial charge on any atom is 0.290 e. The monoisotopic (exact) mass is 427 g/mol. The molecule has 0 N–H and O–H groups in total. The second kappa shape index (κ2) is 7.29. The van der Waals surface area contributed by atoms with E-state index >= 15 is 0 Å². The van der Waals surface area contributed by atoms with Crippen molar-refractivity contribution < 1.29 is 13.9 Å². The number of methoxy groups -OCH3 is 1. The van der Waals surface area contributed by atoms with Crippen LogP contribution in [0.4, 0.5) is 0 Å². The van der Waals surface area contributed by atoms with E-state index in [9.17, 15) is 9.59 Å². The minimum absolute atomic E-state index is 0.143. The first-order valence-corrected chi connectivity index (χ1v) is 9.52. The molecule has 0 bridgehead atoms. The smallest absolute Gasteiger partial charge is 0.290 e. The van der Waals surface area contributed by atoms with Gasteiger partial charge < -0.3 is 14.1 Å². The molecule has 0 fully saturated rings. The number of rotatable bonds is 5. The molecule has 1 amide bonds. The fourth-order valence-electron chi connectivity index (χ4n) is 3.57. The highest BCUT2D eigenvalue weighted by Gasteiger charge is 2.42. The molecule has 1 aliphatic rings. The van der Waals surface area contributed by atoms with E-state index in [1.807, 2.05) is 24.3 Å². The van der Waals surface area contributed by atoms with E-state index < -0.39 is 6.04 Å². The van der Waals surface area contributed by atoms with Crippen molar-refractivity contribution in [1.29, 1.82) is 0 Å². The Morgan fingerprint density at radius 1 is 1.11 bits per heavy atom. The summed E-state index contributed by atoms with van der Waals surface area (Å²) in [4.78, 5) is 28.0. The largest absolute Gasteiger partial charge is 0.450 e. The quantitative estimate of drug-likeness (QED) is 0.574. The van der Waals surface area contributed by atoms with Crippen LogP contribution in [0.1, 0.15) is 34.1 Å². The zero-order valence-corrected chi connectivity index (χ0v) is 16.4. The van der Waals surface area contributed by atoms with Crippen molar-refractivity contribution in [3.8, 4) is 0 Å². The number of amides is 1. The number of hydrogen-bond donors (Lipinski definition) is 0. The second-order valence-electron chi connectivity index (χ2n) is 6.47. The van der Waals surface area contributed by atoms with Gasteiger partial charge in [-0.15, -0.1) is 0 Å². The molecule has 1 aliphatic heterocycles. The highest BCUT2D eigenvalue weighted by molar-refractivity contribution is 9.10. The molecule has 1 atom stereocenters. The normalized spacial score (nSPS) is 16.1. The van der Waals surface area contributed by atoms with Gasteiger partial charge in [0, 0.05) is 24.7 Å². The van der Waals surface area contributed by atoms with E-state index in [1.165, 1.54) is 0 Å². The molecule has 0 radical (unpaired) electrons. The number of ether oxygens (including phenoxy) is 1. The van der Waals surface area contributed by atoms with Gasteiger partial charge in [-0.25, -0.2) is 0 Å². The summed E-state index contributed by atoms with van der Waals surface area (Å²) in [6, 6.07) is 14.3. The standard InChI is InChI=1S/C21H18BrNO4/c1-26-12-4-11-23-18(13-7-9-14(22)10-8-13)17-19(24)15-5-2-3-6-16(15)27-20(17)21(23)25/h2-3,5-10,18H,4,11-12H2,1H3/t18-/m1/s1. The summed E-state index contributed by atoms with van der Waals surface area (Å²) in [6.07, 6.45) is 0.678. The molecular formula is C21H18BrNO4. The molecule has 2 aromatic carbocycles. The van der Waals surface area contributed by atoms with Crippen LogP contribution in [-0.4, -0.2) is 31.1 Å². The average Bonchev–Trinajstić information content (AvgIpc) is 2.96. The first-order chi connectivity index (χ1) is 13.1. The van der Waals surface area contributed by atoms with Crippen LogP contribution >= 0.6 is 15.9 Å². The lowest BCUT2D eigenvalue weighted by Crippen LogP contribution is -2.31. The molecule has 3 aromatic rings. The maximum atomic E-state index is 13.2. The lowest BCUT2D eigenvalue weighted by molar-refractivity contribution is 0.0708. The molecule has 0 saturated carbocycles. The number of benzene rings is 2.